The Bertz CT molecular complexity index is 641. The van der Waals surface area contributed by atoms with E-state index in [1.807, 2.05) is 18.2 Å². The van der Waals surface area contributed by atoms with Crippen molar-refractivity contribution in [1.82, 2.24) is 10.2 Å². The maximum atomic E-state index is 12.9. The van der Waals surface area contributed by atoms with Crippen LogP contribution < -0.4 is 10.2 Å². The zero-order valence-corrected chi connectivity index (χ0v) is 15.9. The molecular formula is C20H28F3N3O2. The standard InChI is InChI=1S/C20H28F3N3O2/c21-20(22,23)19(28)17-8-4-5-10-26(17)14-18(27)24-12-15-9-11-25(13-15)16-6-2-1-3-7-16/h1-3,6-7,15,17,19,28H,4-5,8-14H2,(H,24,27)/t15-,17-,19+/m1/s1. The minimum absolute atomic E-state index is 0.104. The predicted octanol–water partition coefficient (Wildman–Crippen LogP) is 2.41. The number of anilines is 1. The number of carbonyl (C=O) groups is 1. The Hall–Kier alpha value is -1.80. The Kier molecular flexibility index (Phi) is 6.82. The van der Waals surface area contributed by atoms with Crippen molar-refractivity contribution in [1.29, 1.82) is 0 Å². The van der Waals surface area contributed by atoms with Crippen molar-refractivity contribution in [3.63, 3.8) is 0 Å². The van der Waals surface area contributed by atoms with Crippen LogP contribution >= 0.6 is 0 Å². The number of para-hydroxylation sites is 1. The zero-order valence-electron chi connectivity index (χ0n) is 15.9. The van der Waals surface area contributed by atoms with Crippen LogP contribution in [0, 0.1) is 5.92 Å². The van der Waals surface area contributed by atoms with E-state index in [9.17, 15) is 23.1 Å². The molecule has 0 radical (unpaired) electrons. The number of piperidine rings is 1. The quantitative estimate of drug-likeness (QED) is 0.772. The summed E-state index contributed by atoms with van der Waals surface area (Å²) in [7, 11) is 0. The van der Waals surface area contributed by atoms with Crippen molar-refractivity contribution >= 4 is 11.6 Å². The second-order valence-corrected chi connectivity index (χ2v) is 7.76. The van der Waals surface area contributed by atoms with Gasteiger partial charge in [-0.2, -0.15) is 13.2 Å². The first-order chi connectivity index (χ1) is 13.3. The molecule has 0 unspecified atom stereocenters. The molecule has 2 aliphatic heterocycles. The summed E-state index contributed by atoms with van der Waals surface area (Å²) in [5.41, 5.74) is 1.16. The summed E-state index contributed by atoms with van der Waals surface area (Å²) in [5, 5.41) is 12.5. The van der Waals surface area contributed by atoms with Crippen LogP contribution in [0.3, 0.4) is 0 Å². The van der Waals surface area contributed by atoms with E-state index in [1.165, 1.54) is 4.90 Å². The van der Waals surface area contributed by atoms with Crippen molar-refractivity contribution in [3.8, 4) is 0 Å². The second kappa shape index (κ2) is 9.13. The molecular weight excluding hydrogens is 371 g/mol. The third kappa shape index (κ3) is 5.38. The van der Waals surface area contributed by atoms with Crippen molar-refractivity contribution < 1.29 is 23.1 Å². The molecule has 0 spiro atoms. The van der Waals surface area contributed by atoms with Crippen LogP contribution in [0.15, 0.2) is 30.3 Å². The van der Waals surface area contributed by atoms with Gasteiger partial charge in [0.2, 0.25) is 5.91 Å². The summed E-state index contributed by atoms with van der Waals surface area (Å²) in [6.45, 7) is 2.59. The molecule has 1 aromatic rings. The van der Waals surface area contributed by atoms with Gasteiger partial charge in [-0.3, -0.25) is 9.69 Å². The Morgan fingerprint density at radius 3 is 2.64 bits per heavy atom. The van der Waals surface area contributed by atoms with Crippen LogP contribution in [0.2, 0.25) is 0 Å². The number of amides is 1. The average molecular weight is 399 g/mol. The number of aliphatic hydroxyl groups excluding tert-OH is 1. The fourth-order valence-corrected chi connectivity index (χ4v) is 4.16. The number of nitrogens with one attached hydrogen (secondary N) is 1. The Balaban J connectivity index is 1.46. The third-order valence-electron chi connectivity index (χ3n) is 5.71. The molecule has 2 aliphatic rings. The summed E-state index contributed by atoms with van der Waals surface area (Å²) < 4.78 is 38.7. The third-order valence-corrected chi connectivity index (χ3v) is 5.71. The van der Waals surface area contributed by atoms with Gasteiger partial charge < -0.3 is 15.3 Å². The van der Waals surface area contributed by atoms with E-state index in [-0.39, 0.29) is 18.9 Å². The second-order valence-electron chi connectivity index (χ2n) is 7.76. The number of benzene rings is 1. The molecule has 2 saturated heterocycles. The minimum Gasteiger partial charge on any atom is -0.382 e. The van der Waals surface area contributed by atoms with Crippen LogP contribution in [0.1, 0.15) is 25.7 Å². The average Bonchev–Trinajstić information content (AvgIpc) is 3.15. The highest BCUT2D eigenvalue weighted by atomic mass is 19.4. The van der Waals surface area contributed by atoms with Gasteiger partial charge in [0.15, 0.2) is 6.10 Å². The molecule has 8 heteroatoms. The molecule has 2 heterocycles. The minimum atomic E-state index is -4.67. The normalized spacial score (nSPS) is 24.9. The molecule has 0 aromatic heterocycles. The monoisotopic (exact) mass is 399 g/mol. The number of likely N-dealkylation sites (tertiary alicyclic amines) is 1. The number of nitrogens with zero attached hydrogens (tertiary/aromatic N) is 2. The highest BCUT2D eigenvalue weighted by molar-refractivity contribution is 5.78. The largest absolute Gasteiger partial charge is 0.415 e. The van der Waals surface area contributed by atoms with Gasteiger partial charge in [0.05, 0.1) is 6.54 Å². The van der Waals surface area contributed by atoms with Crippen LogP contribution in [0.4, 0.5) is 18.9 Å². The van der Waals surface area contributed by atoms with Gasteiger partial charge in [0.1, 0.15) is 0 Å². The van der Waals surface area contributed by atoms with Gasteiger partial charge in [-0.1, -0.05) is 24.6 Å². The molecule has 1 amide bonds. The van der Waals surface area contributed by atoms with Crippen molar-refractivity contribution in [2.24, 2.45) is 5.92 Å². The van der Waals surface area contributed by atoms with E-state index in [2.05, 4.69) is 22.3 Å². The number of carbonyl (C=O) groups excluding carboxylic acids is 1. The predicted molar refractivity (Wildman–Crippen MR) is 101 cm³/mol. The Morgan fingerprint density at radius 1 is 1.18 bits per heavy atom. The molecule has 0 aliphatic carbocycles. The SMILES string of the molecule is O=C(CN1CCCC[C@@H]1[C@H](O)C(F)(F)F)NC[C@H]1CCN(c2ccccc2)C1. The number of alkyl halides is 3. The highest BCUT2D eigenvalue weighted by Crippen LogP contribution is 2.30. The lowest BCUT2D eigenvalue weighted by atomic mass is 9.97. The lowest BCUT2D eigenvalue weighted by Gasteiger charge is -2.38. The molecule has 28 heavy (non-hydrogen) atoms. The number of hydrogen-bond donors (Lipinski definition) is 2. The van der Waals surface area contributed by atoms with E-state index >= 15 is 0 Å². The summed E-state index contributed by atoms with van der Waals surface area (Å²) in [6.07, 6.45) is -4.48. The molecule has 2 N–H and O–H groups in total. The fourth-order valence-electron chi connectivity index (χ4n) is 4.16. The fraction of sp³-hybridized carbons (Fsp3) is 0.650. The summed E-state index contributed by atoms with van der Waals surface area (Å²) in [4.78, 5) is 16.1. The molecule has 3 atom stereocenters. The van der Waals surface area contributed by atoms with E-state index in [4.69, 9.17) is 0 Å². The van der Waals surface area contributed by atoms with Gasteiger partial charge in [0, 0.05) is 31.4 Å². The first-order valence-electron chi connectivity index (χ1n) is 9.90. The topological polar surface area (TPSA) is 55.8 Å². The Labute approximate surface area is 163 Å². The maximum Gasteiger partial charge on any atom is 0.415 e. The van der Waals surface area contributed by atoms with Gasteiger partial charge in [-0.05, 0) is 43.9 Å². The maximum absolute atomic E-state index is 12.9. The van der Waals surface area contributed by atoms with Gasteiger partial charge >= 0.3 is 6.18 Å². The van der Waals surface area contributed by atoms with E-state index < -0.39 is 18.3 Å². The number of halogens is 3. The van der Waals surface area contributed by atoms with E-state index in [0.29, 0.717) is 25.4 Å². The number of rotatable bonds is 6. The van der Waals surface area contributed by atoms with Crippen LogP contribution in [0.25, 0.3) is 0 Å². The zero-order chi connectivity index (χ0) is 20.1. The summed E-state index contributed by atoms with van der Waals surface area (Å²) >= 11 is 0. The van der Waals surface area contributed by atoms with Crippen molar-refractivity contribution in [3.05, 3.63) is 30.3 Å². The van der Waals surface area contributed by atoms with E-state index in [0.717, 1.165) is 31.6 Å². The molecule has 0 saturated carbocycles. The van der Waals surface area contributed by atoms with Crippen LogP contribution in [-0.4, -0.2) is 67.0 Å². The van der Waals surface area contributed by atoms with Gasteiger partial charge in [0.25, 0.3) is 0 Å². The van der Waals surface area contributed by atoms with Crippen molar-refractivity contribution in [2.75, 3.05) is 37.6 Å². The summed E-state index contributed by atoms with van der Waals surface area (Å²) in [6, 6.07) is 9.04. The first-order valence-corrected chi connectivity index (χ1v) is 9.90. The van der Waals surface area contributed by atoms with Crippen LogP contribution in [0.5, 0.6) is 0 Å². The number of aliphatic hydroxyl groups is 1. The lowest BCUT2D eigenvalue weighted by molar-refractivity contribution is -0.224. The van der Waals surface area contributed by atoms with Crippen LogP contribution in [-0.2, 0) is 4.79 Å². The lowest BCUT2D eigenvalue weighted by Crippen LogP contribution is -2.54. The number of hydrogen-bond acceptors (Lipinski definition) is 4. The van der Waals surface area contributed by atoms with Gasteiger partial charge in [-0.15, -0.1) is 0 Å². The Morgan fingerprint density at radius 2 is 1.93 bits per heavy atom. The van der Waals surface area contributed by atoms with Crippen molar-refractivity contribution in [2.45, 2.75) is 44.0 Å². The molecule has 2 fully saturated rings. The molecule has 0 bridgehead atoms. The first kappa shape index (κ1) is 20.9. The summed E-state index contributed by atoms with van der Waals surface area (Å²) in [5.74, 6) is 0.0431. The molecule has 3 rings (SSSR count). The molecule has 1 aromatic carbocycles. The van der Waals surface area contributed by atoms with Gasteiger partial charge in [-0.25, -0.2) is 0 Å². The van der Waals surface area contributed by atoms with E-state index in [1.54, 1.807) is 0 Å². The smallest absolute Gasteiger partial charge is 0.382 e. The molecule has 5 nitrogen and oxygen atoms in total. The highest BCUT2D eigenvalue weighted by Gasteiger charge is 2.46. The molecule has 156 valence electrons.